The summed E-state index contributed by atoms with van der Waals surface area (Å²) in [5.41, 5.74) is 4.28. The molecule has 1 aliphatic heterocycles. The van der Waals surface area contributed by atoms with Gasteiger partial charge in [-0.3, -0.25) is 10.1 Å². The Morgan fingerprint density at radius 2 is 2.28 bits per heavy atom. The molecular weight excluding hydrogens is 336 g/mol. The van der Waals surface area contributed by atoms with E-state index in [9.17, 15) is 4.79 Å². The first-order chi connectivity index (χ1) is 12.2. The standard InChI is InChI=1S/C18H20N4O2S/c1-24-13-4-2-3-12(9-13)20-18-21-15(17(23)22-18)7-11-5-6-14-16(8-11)25-10-19-14/h5-8,10,12-13H,2-4,9H2,1H3,(H2,20,21,22,23)/b15-7-/t12-,13+/m0/s1. The molecule has 2 aromatic rings. The number of carbonyl (C=O) groups excluding carboxylic acids is 1. The zero-order valence-electron chi connectivity index (χ0n) is 14.0. The lowest BCUT2D eigenvalue weighted by Gasteiger charge is -2.25. The molecule has 25 heavy (non-hydrogen) atoms. The number of thiazole rings is 1. The van der Waals surface area contributed by atoms with Gasteiger partial charge in [-0.15, -0.1) is 11.3 Å². The van der Waals surface area contributed by atoms with Crippen LogP contribution in [0, 0.1) is 0 Å². The van der Waals surface area contributed by atoms with Gasteiger partial charge in [-0.2, -0.15) is 0 Å². The van der Waals surface area contributed by atoms with Crippen molar-refractivity contribution in [3.8, 4) is 0 Å². The smallest absolute Gasteiger partial charge is 0.274 e. The summed E-state index contributed by atoms with van der Waals surface area (Å²) in [6.07, 6.45) is 6.23. The largest absolute Gasteiger partial charge is 0.381 e. The van der Waals surface area contributed by atoms with Gasteiger partial charge in [-0.1, -0.05) is 6.07 Å². The Morgan fingerprint density at radius 1 is 1.36 bits per heavy atom. The highest BCUT2D eigenvalue weighted by Gasteiger charge is 2.26. The monoisotopic (exact) mass is 356 g/mol. The number of nitrogens with zero attached hydrogens (tertiary/aromatic N) is 2. The van der Waals surface area contributed by atoms with E-state index >= 15 is 0 Å². The van der Waals surface area contributed by atoms with E-state index < -0.39 is 0 Å². The summed E-state index contributed by atoms with van der Waals surface area (Å²) in [6, 6.07) is 6.15. The normalized spacial score (nSPS) is 27.0. The molecule has 1 saturated heterocycles. The minimum atomic E-state index is -0.151. The van der Waals surface area contributed by atoms with E-state index in [-0.39, 0.29) is 18.1 Å². The number of aromatic nitrogens is 1. The Hall–Kier alpha value is -2.25. The lowest BCUT2D eigenvalue weighted by Crippen LogP contribution is -2.30. The number of hydrogen-bond acceptors (Lipinski definition) is 5. The average Bonchev–Trinajstić information content (AvgIpc) is 3.21. The van der Waals surface area contributed by atoms with Crippen molar-refractivity contribution in [2.45, 2.75) is 37.8 Å². The fraction of sp³-hybridized carbons (Fsp3) is 0.389. The molecule has 2 fully saturated rings. The number of nitrogens with one attached hydrogen (secondary N) is 2. The summed E-state index contributed by atoms with van der Waals surface area (Å²) >= 11 is 1.59. The fourth-order valence-corrected chi connectivity index (χ4v) is 4.04. The molecule has 0 unspecified atom stereocenters. The van der Waals surface area contributed by atoms with E-state index in [1.165, 1.54) is 0 Å². The Bertz CT molecular complexity index is 858. The van der Waals surface area contributed by atoms with Crippen LogP contribution in [0.5, 0.6) is 0 Å². The highest BCUT2D eigenvalue weighted by Crippen LogP contribution is 2.24. The topological polar surface area (TPSA) is 75.6 Å². The molecule has 1 aromatic carbocycles. The third kappa shape index (κ3) is 3.57. The van der Waals surface area contributed by atoms with Crippen LogP contribution in [0.15, 0.2) is 34.4 Å². The predicted octanol–water partition coefficient (Wildman–Crippen LogP) is 2.67. The first-order valence-corrected chi connectivity index (χ1v) is 9.33. The molecule has 1 amide bonds. The maximum absolute atomic E-state index is 12.2. The van der Waals surface area contributed by atoms with Crippen molar-refractivity contribution in [3.63, 3.8) is 0 Å². The van der Waals surface area contributed by atoms with E-state index in [1.54, 1.807) is 18.4 Å². The van der Waals surface area contributed by atoms with E-state index in [0.717, 1.165) is 41.5 Å². The summed E-state index contributed by atoms with van der Waals surface area (Å²) in [6.45, 7) is 0. The maximum Gasteiger partial charge on any atom is 0.274 e. The van der Waals surface area contributed by atoms with Gasteiger partial charge in [-0.25, -0.2) is 9.98 Å². The van der Waals surface area contributed by atoms with Gasteiger partial charge in [0.25, 0.3) is 5.91 Å². The molecule has 0 bridgehead atoms. The van der Waals surface area contributed by atoms with Gasteiger partial charge in [-0.05, 0) is 49.5 Å². The number of carbonyl (C=O) groups is 1. The third-order valence-corrected chi connectivity index (χ3v) is 5.43. The summed E-state index contributed by atoms with van der Waals surface area (Å²) in [5.74, 6) is 0.388. The van der Waals surface area contributed by atoms with Crippen LogP contribution in [0.1, 0.15) is 31.2 Å². The molecule has 0 spiro atoms. The highest BCUT2D eigenvalue weighted by molar-refractivity contribution is 7.16. The van der Waals surface area contributed by atoms with Gasteiger partial charge in [0.2, 0.25) is 5.96 Å². The average molecular weight is 356 g/mol. The zero-order chi connectivity index (χ0) is 17.2. The molecule has 2 atom stereocenters. The molecule has 2 N–H and O–H groups in total. The fourth-order valence-electron chi connectivity index (χ4n) is 3.32. The van der Waals surface area contributed by atoms with Crippen molar-refractivity contribution >= 4 is 39.5 Å². The molecule has 4 rings (SSSR count). The zero-order valence-corrected chi connectivity index (χ0v) is 14.8. The van der Waals surface area contributed by atoms with Crippen LogP contribution in [0.25, 0.3) is 16.3 Å². The van der Waals surface area contributed by atoms with Crippen molar-refractivity contribution < 1.29 is 9.53 Å². The molecule has 0 radical (unpaired) electrons. The van der Waals surface area contributed by atoms with E-state index in [4.69, 9.17) is 4.74 Å². The van der Waals surface area contributed by atoms with Crippen LogP contribution in [0.2, 0.25) is 0 Å². The number of rotatable bonds is 3. The molecule has 2 heterocycles. The quantitative estimate of drug-likeness (QED) is 0.829. The van der Waals surface area contributed by atoms with E-state index in [0.29, 0.717) is 11.7 Å². The number of hydrogen-bond donors (Lipinski definition) is 2. The minimum absolute atomic E-state index is 0.151. The minimum Gasteiger partial charge on any atom is -0.381 e. The van der Waals surface area contributed by atoms with E-state index in [1.807, 2.05) is 29.8 Å². The third-order valence-electron chi connectivity index (χ3n) is 4.64. The maximum atomic E-state index is 12.2. The van der Waals surface area contributed by atoms with Crippen molar-refractivity contribution in [1.29, 1.82) is 0 Å². The molecular formula is C18H20N4O2S. The number of benzene rings is 1. The number of guanidine groups is 1. The first kappa shape index (κ1) is 16.2. The number of fused-ring (bicyclic) bond motifs is 1. The van der Waals surface area contributed by atoms with Crippen molar-refractivity contribution in [1.82, 2.24) is 15.6 Å². The second-order valence-corrected chi connectivity index (χ2v) is 7.26. The predicted molar refractivity (Wildman–Crippen MR) is 99.4 cm³/mol. The summed E-state index contributed by atoms with van der Waals surface area (Å²) in [4.78, 5) is 21.1. The lowest BCUT2D eigenvalue weighted by molar-refractivity contribution is -0.115. The van der Waals surface area contributed by atoms with Gasteiger partial charge in [0.05, 0.1) is 27.9 Å². The number of amides is 1. The van der Waals surface area contributed by atoms with Gasteiger partial charge in [0, 0.05) is 7.11 Å². The van der Waals surface area contributed by atoms with Crippen molar-refractivity contribution in [2.24, 2.45) is 4.99 Å². The van der Waals surface area contributed by atoms with Gasteiger partial charge in [0.15, 0.2) is 0 Å². The summed E-state index contributed by atoms with van der Waals surface area (Å²) < 4.78 is 6.55. The Morgan fingerprint density at radius 3 is 3.16 bits per heavy atom. The van der Waals surface area contributed by atoms with Gasteiger partial charge >= 0.3 is 0 Å². The molecule has 1 saturated carbocycles. The number of ether oxygens (including phenoxy) is 1. The molecule has 2 aliphatic rings. The first-order valence-electron chi connectivity index (χ1n) is 8.45. The van der Waals surface area contributed by atoms with Crippen LogP contribution in [-0.4, -0.2) is 36.1 Å². The molecule has 6 nitrogen and oxygen atoms in total. The number of methoxy groups -OCH3 is 1. The second-order valence-electron chi connectivity index (χ2n) is 6.37. The van der Waals surface area contributed by atoms with Crippen LogP contribution in [0.4, 0.5) is 0 Å². The van der Waals surface area contributed by atoms with Crippen LogP contribution in [-0.2, 0) is 9.53 Å². The SMILES string of the molecule is CO[C@@H]1CCC[C@H](N=C2NC(=O)/C(=C/c3ccc4ncsc4c3)N2)C1. The van der Waals surface area contributed by atoms with Crippen LogP contribution in [0.3, 0.4) is 0 Å². The molecule has 130 valence electrons. The van der Waals surface area contributed by atoms with Gasteiger partial charge < -0.3 is 10.1 Å². The molecule has 1 aromatic heterocycles. The Balaban J connectivity index is 1.50. The Kier molecular flexibility index (Phi) is 4.50. The molecule has 1 aliphatic carbocycles. The van der Waals surface area contributed by atoms with Gasteiger partial charge in [0.1, 0.15) is 5.70 Å². The Labute approximate surface area is 150 Å². The highest BCUT2D eigenvalue weighted by atomic mass is 32.1. The summed E-state index contributed by atoms with van der Waals surface area (Å²) in [7, 11) is 1.75. The van der Waals surface area contributed by atoms with Crippen molar-refractivity contribution in [2.75, 3.05) is 7.11 Å². The summed E-state index contributed by atoms with van der Waals surface area (Å²) in [5, 5.41) is 5.93. The van der Waals surface area contributed by atoms with Crippen LogP contribution < -0.4 is 10.6 Å². The van der Waals surface area contributed by atoms with Crippen molar-refractivity contribution in [3.05, 3.63) is 35.0 Å². The second kappa shape index (κ2) is 6.93. The van der Waals surface area contributed by atoms with E-state index in [2.05, 4.69) is 20.6 Å². The lowest BCUT2D eigenvalue weighted by atomic mass is 9.93. The van der Waals surface area contributed by atoms with Crippen LogP contribution >= 0.6 is 11.3 Å². The molecule has 7 heteroatoms. The number of aliphatic imine (C=N–C) groups is 1.